The van der Waals surface area contributed by atoms with Crippen molar-refractivity contribution in [2.75, 3.05) is 5.75 Å². The summed E-state index contributed by atoms with van der Waals surface area (Å²) >= 11 is 10.8. The number of hydrogen-bond donors (Lipinski definition) is 1. The van der Waals surface area contributed by atoms with Crippen LogP contribution in [0.25, 0.3) is 0 Å². The van der Waals surface area contributed by atoms with Gasteiger partial charge in [-0.15, -0.1) is 3.94 Å². The Kier molecular flexibility index (Phi) is 4.26. The third kappa shape index (κ3) is 5.16. The summed E-state index contributed by atoms with van der Waals surface area (Å²) < 4.78 is 30.0. The zero-order chi connectivity index (χ0) is 9.99. The molecule has 0 saturated heterocycles. The minimum atomic E-state index is -3.93. The number of rotatable bonds is 4. The van der Waals surface area contributed by atoms with Crippen LogP contribution in [-0.4, -0.2) is 28.2 Å². The molecule has 0 aromatic carbocycles. The van der Waals surface area contributed by atoms with Gasteiger partial charge in [0.05, 0.1) is 5.75 Å². The number of hydrogen-bond acceptors (Lipinski definition) is 3. The van der Waals surface area contributed by atoms with E-state index in [4.69, 9.17) is 28.1 Å². The minimum absolute atomic E-state index is 0.166. The molecule has 0 atom stereocenters. The van der Waals surface area contributed by atoms with Crippen LogP contribution in [0, 0.1) is 0 Å². The van der Waals surface area contributed by atoms with Crippen molar-refractivity contribution in [3.05, 3.63) is 0 Å². The van der Waals surface area contributed by atoms with E-state index in [2.05, 4.69) is 0 Å². The molecule has 0 saturated carbocycles. The summed E-state index contributed by atoms with van der Waals surface area (Å²) in [5.41, 5.74) is -0.668. The fourth-order valence-electron chi connectivity index (χ4n) is 0.463. The van der Waals surface area contributed by atoms with Gasteiger partial charge in [0, 0.05) is 5.54 Å². The van der Waals surface area contributed by atoms with Crippen molar-refractivity contribution in [2.24, 2.45) is 0 Å². The molecule has 0 fully saturated rings. The first kappa shape index (κ1) is 12.4. The molecule has 1 N–H and O–H groups in total. The first-order valence-electron chi connectivity index (χ1n) is 3.22. The standard InChI is InChI=1S/C5H11Cl2NO3S/c1-5(2,8(6)7)3-4-12(9,10)11/h3-4H2,1-2H3,(H,9,10,11). The molecule has 0 radical (unpaired) electrons. The second kappa shape index (κ2) is 4.11. The predicted octanol–water partition coefficient (Wildman–Crippen LogP) is 1.65. The normalized spacial score (nSPS) is 13.8. The molecule has 0 bridgehead atoms. The first-order valence-corrected chi connectivity index (χ1v) is 5.51. The Bertz CT molecular complexity index is 237. The number of halogens is 2. The van der Waals surface area contributed by atoms with Crippen LogP contribution in [0.15, 0.2) is 0 Å². The molecule has 74 valence electrons. The maximum absolute atomic E-state index is 10.4. The quantitative estimate of drug-likeness (QED) is 0.595. The second-order valence-corrected chi connectivity index (χ2v) is 5.50. The molecular weight excluding hydrogens is 225 g/mol. The van der Waals surface area contributed by atoms with E-state index < -0.39 is 15.7 Å². The van der Waals surface area contributed by atoms with Gasteiger partial charge in [-0.2, -0.15) is 8.42 Å². The van der Waals surface area contributed by atoms with Crippen LogP contribution < -0.4 is 0 Å². The summed E-state index contributed by atoms with van der Waals surface area (Å²) in [6.07, 6.45) is 0.166. The van der Waals surface area contributed by atoms with Gasteiger partial charge in [0.15, 0.2) is 0 Å². The van der Waals surface area contributed by atoms with Crippen LogP contribution in [0.1, 0.15) is 20.3 Å². The molecule has 0 heterocycles. The van der Waals surface area contributed by atoms with Gasteiger partial charge < -0.3 is 0 Å². The highest BCUT2D eigenvalue weighted by atomic mass is 35.5. The Morgan fingerprint density at radius 2 is 1.83 bits per heavy atom. The van der Waals surface area contributed by atoms with Crippen LogP contribution in [-0.2, 0) is 10.1 Å². The zero-order valence-corrected chi connectivity index (χ0v) is 9.12. The Labute approximate surface area is 82.4 Å². The fraction of sp³-hybridized carbons (Fsp3) is 1.00. The van der Waals surface area contributed by atoms with Gasteiger partial charge in [-0.05, 0) is 43.8 Å². The van der Waals surface area contributed by atoms with Gasteiger partial charge >= 0.3 is 0 Å². The van der Waals surface area contributed by atoms with Crippen molar-refractivity contribution in [3.8, 4) is 0 Å². The molecule has 0 aliphatic rings. The molecule has 0 unspecified atom stereocenters. The van der Waals surface area contributed by atoms with Gasteiger partial charge in [0.1, 0.15) is 0 Å². The van der Waals surface area contributed by atoms with E-state index in [9.17, 15) is 8.42 Å². The van der Waals surface area contributed by atoms with Crippen LogP contribution >= 0.6 is 23.6 Å². The maximum Gasteiger partial charge on any atom is 0.264 e. The third-order valence-corrected chi connectivity index (χ3v) is 3.06. The smallest absolute Gasteiger partial charge is 0.264 e. The summed E-state index contributed by atoms with van der Waals surface area (Å²) in [6, 6.07) is 0. The molecule has 0 aromatic rings. The van der Waals surface area contributed by atoms with Gasteiger partial charge in [-0.25, -0.2) is 0 Å². The van der Waals surface area contributed by atoms with E-state index in [1.165, 1.54) is 0 Å². The third-order valence-electron chi connectivity index (χ3n) is 1.43. The van der Waals surface area contributed by atoms with Gasteiger partial charge in [0.25, 0.3) is 10.1 Å². The molecular formula is C5H11Cl2NO3S. The van der Waals surface area contributed by atoms with Crippen molar-refractivity contribution < 1.29 is 13.0 Å². The average molecular weight is 236 g/mol. The Balaban J connectivity index is 4.10. The van der Waals surface area contributed by atoms with Crippen molar-refractivity contribution in [1.82, 2.24) is 3.94 Å². The summed E-state index contributed by atoms with van der Waals surface area (Å²) in [4.78, 5) is 0. The maximum atomic E-state index is 10.4. The highest BCUT2D eigenvalue weighted by Gasteiger charge is 2.26. The van der Waals surface area contributed by atoms with Gasteiger partial charge in [-0.1, -0.05) is 0 Å². The van der Waals surface area contributed by atoms with E-state index in [1.807, 2.05) is 0 Å². The zero-order valence-electron chi connectivity index (χ0n) is 6.79. The molecule has 0 aliphatic heterocycles. The molecule has 0 aliphatic carbocycles. The highest BCUT2D eigenvalue weighted by molar-refractivity contribution is 7.85. The summed E-state index contributed by atoms with van der Waals surface area (Å²) in [5, 5.41) is 0. The minimum Gasteiger partial charge on any atom is -0.286 e. The lowest BCUT2D eigenvalue weighted by atomic mass is 10.0. The predicted molar refractivity (Wildman–Crippen MR) is 48.7 cm³/mol. The van der Waals surface area contributed by atoms with E-state index in [1.54, 1.807) is 13.8 Å². The van der Waals surface area contributed by atoms with Crippen molar-refractivity contribution in [3.63, 3.8) is 0 Å². The molecule has 0 aromatic heterocycles. The van der Waals surface area contributed by atoms with Crippen molar-refractivity contribution >= 4 is 33.7 Å². The molecule has 0 spiro atoms. The van der Waals surface area contributed by atoms with E-state index >= 15 is 0 Å². The lowest BCUT2D eigenvalue weighted by Gasteiger charge is -2.26. The Morgan fingerprint density at radius 1 is 1.42 bits per heavy atom. The van der Waals surface area contributed by atoms with Crippen LogP contribution in [0.3, 0.4) is 0 Å². The van der Waals surface area contributed by atoms with E-state index in [0.29, 0.717) is 0 Å². The Hall–Kier alpha value is 0.450. The van der Waals surface area contributed by atoms with E-state index in [0.717, 1.165) is 3.94 Å². The SMILES string of the molecule is CC(C)(CCS(=O)(=O)O)N(Cl)Cl. The molecule has 12 heavy (non-hydrogen) atoms. The molecule has 0 rings (SSSR count). The Morgan fingerprint density at radius 3 is 2.08 bits per heavy atom. The van der Waals surface area contributed by atoms with Crippen LogP contribution in [0.2, 0.25) is 0 Å². The van der Waals surface area contributed by atoms with Crippen molar-refractivity contribution in [1.29, 1.82) is 0 Å². The highest BCUT2D eigenvalue weighted by Crippen LogP contribution is 2.23. The summed E-state index contributed by atoms with van der Waals surface area (Å²) in [7, 11) is -3.93. The van der Waals surface area contributed by atoms with Gasteiger partial charge in [0.2, 0.25) is 0 Å². The monoisotopic (exact) mass is 235 g/mol. The average Bonchev–Trinajstić information content (AvgIpc) is 1.82. The molecule has 4 nitrogen and oxygen atoms in total. The van der Waals surface area contributed by atoms with Crippen LogP contribution in [0.5, 0.6) is 0 Å². The summed E-state index contributed by atoms with van der Waals surface area (Å²) in [5.74, 6) is -0.351. The lowest BCUT2D eigenvalue weighted by molar-refractivity contribution is 0.337. The van der Waals surface area contributed by atoms with Gasteiger partial charge in [-0.3, -0.25) is 4.55 Å². The molecule has 7 heteroatoms. The number of nitrogens with zero attached hydrogens (tertiary/aromatic N) is 1. The first-order chi connectivity index (χ1) is 5.15. The van der Waals surface area contributed by atoms with E-state index in [-0.39, 0.29) is 12.2 Å². The van der Waals surface area contributed by atoms with Crippen LogP contribution in [0.4, 0.5) is 0 Å². The van der Waals surface area contributed by atoms with Crippen molar-refractivity contribution in [2.45, 2.75) is 25.8 Å². The topological polar surface area (TPSA) is 57.6 Å². The lowest BCUT2D eigenvalue weighted by Crippen LogP contribution is -2.33. The molecule has 0 amide bonds. The second-order valence-electron chi connectivity index (χ2n) is 3.08. The summed E-state index contributed by atoms with van der Waals surface area (Å²) in [6.45, 7) is 3.33. The fourth-order valence-corrected chi connectivity index (χ4v) is 1.39. The largest absolute Gasteiger partial charge is 0.286 e.